The molecule has 0 aromatic carbocycles. The Hall–Kier alpha value is -1.73. The third kappa shape index (κ3) is 2.38. The highest BCUT2D eigenvalue weighted by Crippen LogP contribution is 2.23. The fourth-order valence-corrected chi connectivity index (χ4v) is 0.942. The Balaban J connectivity index is 3.01. The van der Waals surface area contributed by atoms with Crippen LogP contribution in [0.5, 0.6) is 11.6 Å². The van der Waals surface area contributed by atoms with Crippen molar-refractivity contribution in [3.8, 4) is 23.5 Å². The Morgan fingerprint density at radius 2 is 2.21 bits per heavy atom. The molecule has 0 unspecified atom stereocenters. The first-order chi connectivity index (χ1) is 6.81. The molecule has 0 aliphatic rings. The molecule has 1 N–H and O–H groups in total. The van der Waals surface area contributed by atoms with Gasteiger partial charge in [-0.1, -0.05) is 11.8 Å². The molecule has 0 atom stereocenters. The van der Waals surface area contributed by atoms with Crippen molar-refractivity contribution in [3.63, 3.8) is 0 Å². The molecule has 0 aliphatic carbocycles. The van der Waals surface area contributed by atoms with Gasteiger partial charge in [-0.25, -0.2) is 4.98 Å². The maximum absolute atomic E-state index is 8.50. The molecule has 4 heteroatoms. The summed E-state index contributed by atoms with van der Waals surface area (Å²) in [5.74, 6) is 6.19. The molecule has 0 fully saturated rings. The van der Waals surface area contributed by atoms with Crippen LogP contribution in [0.25, 0.3) is 0 Å². The summed E-state index contributed by atoms with van der Waals surface area (Å²) < 4.78 is 10.0. The summed E-state index contributed by atoms with van der Waals surface area (Å²) in [6.45, 7) is -0.172. The van der Waals surface area contributed by atoms with Crippen molar-refractivity contribution >= 4 is 0 Å². The van der Waals surface area contributed by atoms with Gasteiger partial charge in [0.2, 0.25) is 0 Å². The van der Waals surface area contributed by atoms with Crippen molar-refractivity contribution in [1.82, 2.24) is 4.98 Å². The predicted molar refractivity (Wildman–Crippen MR) is 51.3 cm³/mol. The summed E-state index contributed by atoms with van der Waals surface area (Å²) >= 11 is 0. The highest BCUT2D eigenvalue weighted by molar-refractivity contribution is 5.43. The lowest BCUT2D eigenvalue weighted by molar-refractivity contribution is 0.343. The molecular formula is C10H11NO3. The van der Waals surface area contributed by atoms with Gasteiger partial charge in [0.05, 0.1) is 14.2 Å². The van der Waals surface area contributed by atoms with Crippen LogP contribution in [0.3, 0.4) is 0 Å². The van der Waals surface area contributed by atoms with E-state index in [0.717, 1.165) is 0 Å². The van der Waals surface area contributed by atoms with Crippen molar-refractivity contribution < 1.29 is 14.6 Å². The highest BCUT2D eigenvalue weighted by atomic mass is 16.5. The largest absolute Gasteiger partial charge is 0.491 e. The minimum absolute atomic E-state index is 0.172. The standard InChI is InChI=1S/C10H11NO3/c1-13-9-6-8(4-3-5-12)7-11-10(9)14-2/h6-7,12H,5H2,1-2H3. The van der Waals surface area contributed by atoms with Crippen LogP contribution in [0, 0.1) is 11.8 Å². The number of methoxy groups -OCH3 is 2. The van der Waals surface area contributed by atoms with Crippen LogP contribution in [0.15, 0.2) is 12.3 Å². The van der Waals surface area contributed by atoms with Gasteiger partial charge in [0.1, 0.15) is 6.61 Å². The van der Waals surface area contributed by atoms with Gasteiger partial charge in [0.15, 0.2) is 5.75 Å². The highest BCUT2D eigenvalue weighted by Gasteiger charge is 2.04. The molecule has 0 radical (unpaired) electrons. The van der Waals surface area contributed by atoms with E-state index in [1.807, 2.05) is 0 Å². The van der Waals surface area contributed by atoms with Crippen LogP contribution in [0.2, 0.25) is 0 Å². The van der Waals surface area contributed by atoms with E-state index in [-0.39, 0.29) is 6.61 Å². The zero-order valence-electron chi connectivity index (χ0n) is 8.07. The van der Waals surface area contributed by atoms with E-state index in [0.29, 0.717) is 17.2 Å². The van der Waals surface area contributed by atoms with E-state index in [9.17, 15) is 0 Å². The molecule has 4 nitrogen and oxygen atoms in total. The molecule has 0 bridgehead atoms. The molecule has 1 heterocycles. The molecular weight excluding hydrogens is 182 g/mol. The maximum Gasteiger partial charge on any atom is 0.256 e. The lowest BCUT2D eigenvalue weighted by Crippen LogP contribution is -1.94. The van der Waals surface area contributed by atoms with Crippen LogP contribution in [-0.4, -0.2) is 30.9 Å². The number of nitrogens with zero attached hydrogens (tertiary/aromatic N) is 1. The van der Waals surface area contributed by atoms with Crippen LogP contribution >= 0.6 is 0 Å². The monoisotopic (exact) mass is 193 g/mol. The van der Waals surface area contributed by atoms with Crippen LogP contribution in [0.4, 0.5) is 0 Å². The van der Waals surface area contributed by atoms with Crippen LogP contribution in [-0.2, 0) is 0 Å². The molecule has 74 valence electrons. The average molecular weight is 193 g/mol. The first kappa shape index (κ1) is 10.4. The van der Waals surface area contributed by atoms with E-state index in [1.54, 1.807) is 12.3 Å². The summed E-state index contributed by atoms with van der Waals surface area (Å²) in [5.41, 5.74) is 0.678. The summed E-state index contributed by atoms with van der Waals surface area (Å²) in [5, 5.41) is 8.50. The van der Waals surface area contributed by atoms with Crippen molar-refractivity contribution in [2.45, 2.75) is 0 Å². The van der Waals surface area contributed by atoms with Crippen LogP contribution < -0.4 is 9.47 Å². The fourth-order valence-electron chi connectivity index (χ4n) is 0.942. The topological polar surface area (TPSA) is 51.6 Å². The number of aromatic nitrogens is 1. The minimum Gasteiger partial charge on any atom is -0.491 e. The van der Waals surface area contributed by atoms with Gasteiger partial charge >= 0.3 is 0 Å². The van der Waals surface area contributed by atoms with Gasteiger partial charge < -0.3 is 14.6 Å². The van der Waals surface area contributed by atoms with Gasteiger partial charge in [0.25, 0.3) is 5.88 Å². The second-order valence-electron chi connectivity index (χ2n) is 2.40. The van der Waals surface area contributed by atoms with E-state index >= 15 is 0 Å². The second kappa shape index (κ2) is 5.10. The molecule has 0 saturated heterocycles. The average Bonchev–Trinajstić information content (AvgIpc) is 2.25. The molecule has 1 rings (SSSR count). The molecule has 14 heavy (non-hydrogen) atoms. The van der Waals surface area contributed by atoms with Crippen molar-refractivity contribution in [2.75, 3.05) is 20.8 Å². The number of aliphatic hydroxyl groups excluding tert-OH is 1. The first-order valence-electron chi connectivity index (χ1n) is 3.99. The molecule has 0 spiro atoms. The normalized spacial score (nSPS) is 8.79. The molecule has 1 aromatic rings. The number of rotatable bonds is 2. The third-order valence-electron chi connectivity index (χ3n) is 1.54. The lowest BCUT2D eigenvalue weighted by Gasteiger charge is -2.05. The maximum atomic E-state index is 8.50. The third-order valence-corrected chi connectivity index (χ3v) is 1.54. The molecule has 0 aliphatic heterocycles. The zero-order valence-corrected chi connectivity index (χ0v) is 8.07. The Morgan fingerprint density at radius 3 is 2.79 bits per heavy atom. The minimum atomic E-state index is -0.172. The second-order valence-corrected chi connectivity index (χ2v) is 2.40. The lowest BCUT2D eigenvalue weighted by atomic mass is 10.3. The molecule has 0 saturated carbocycles. The summed E-state index contributed by atoms with van der Waals surface area (Å²) in [4.78, 5) is 3.99. The summed E-state index contributed by atoms with van der Waals surface area (Å²) in [7, 11) is 3.05. The first-order valence-corrected chi connectivity index (χ1v) is 3.99. The van der Waals surface area contributed by atoms with E-state index in [1.165, 1.54) is 14.2 Å². The Labute approximate surface area is 82.5 Å². The number of ether oxygens (including phenoxy) is 2. The molecule has 0 amide bonds. The van der Waals surface area contributed by atoms with Gasteiger partial charge in [-0.15, -0.1) is 0 Å². The van der Waals surface area contributed by atoms with Crippen molar-refractivity contribution in [3.05, 3.63) is 17.8 Å². The molecule has 1 aromatic heterocycles. The quantitative estimate of drug-likeness (QED) is 0.692. The van der Waals surface area contributed by atoms with Gasteiger partial charge in [-0.2, -0.15) is 0 Å². The van der Waals surface area contributed by atoms with E-state index in [2.05, 4.69) is 16.8 Å². The predicted octanol–water partition coefficient (Wildman–Crippen LogP) is 0.443. The fraction of sp³-hybridized carbons (Fsp3) is 0.300. The zero-order chi connectivity index (χ0) is 10.4. The van der Waals surface area contributed by atoms with Crippen molar-refractivity contribution in [1.29, 1.82) is 0 Å². The van der Waals surface area contributed by atoms with Crippen molar-refractivity contribution in [2.24, 2.45) is 0 Å². The van der Waals surface area contributed by atoms with Gasteiger partial charge in [-0.05, 0) is 0 Å². The smallest absolute Gasteiger partial charge is 0.256 e. The summed E-state index contributed by atoms with van der Waals surface area (Å²) in [6, 6.07) is 1.70. The van der Waals surface area contributed by atoms with Crippen LogP contribution in [0.1, 0.15) is 5.56 Å². The summed E-state index contributed by atoms with van der Waals surface area (Å²) in [6.07, 6.45) is 1.56. The number of hydrogen-bond acceptors (Lipinski definition) is 4. The number of aliphatic hydroxyl groups is 1. The van der Waals surface area contributed by atoms with Gasteiger partial charge in [0, 0.05) is 17.8 Å². The van der Waals surface area contributed by atoms with E-state index in [4.69, 9.17) is 14.6 Å². The number of pyridine rings is 1. The Bertz CT molecular complexity index is 365. The SMILES string of the molecule is COc1cc(C#CCO)cnc1OC. The number of hydrogen-bond donors (Lipinski definition) is 1. The van der Waals surface area contributed by atoms with E-state index < -0.39 is 0 Å². The van der Waals surface area contributed by atoms with Gasteiger partial charge in [-0.3, -0.25) is 0 Å². The Kier molecular flexibility index (Phi) is 3.77. The Morgan fingerprint density at radius 1 is 1.43 bits per heavy atom.